The Bertz CT molecular complexity index is 821. The fourth-order valence-electron chi connectivity index (χ4n) is 2.97. The van der Waals surface area contributed by atoms with Gasteiger partial charge in [0.25, 0.3) is 0 Å². The van der Waals surface area contributed by atoms with Crippen molar-refractivity contribution in [2.24, 2.45) is 0 Å². The topological polar surface area (TPSA) is 82.1 Å². The van der Waals surface area contributed by atoms with Crippen molar-refractivity contribution < 1.29 is 28.6 Å². The van der Waals surface area contributed by atoms with Crippen LogP contribution in [0.2, 0.25) is 0 Å². The molecule has 0 atom stereocenters. The van der Waals surface area contributed by atoms with Crippen LogP contribution in [-0.4, -0.2) is 53.3 Å². The minimum absolute atomic E-state index is 0.226. The summed E-state index contributed by atoms with van der Waals surface area (Å²) in [4.78, 5) is 38.4. The number of amides is 1. The zero-order valence-corrected chi connectivity index (χ0v) is 19.3. The van der Waals surface area contributed by atoms with E-state index in [4.69, 9.17) is 14.2 Å². The normalized spacial score (nSPS) is 15.2. The number of nitrogens with zero attached hydrogens (tertiary/aromatic N) is 1. The number of hydrogen-bond acceptors (Lipinski definition) is 6. The van der Waals surface area contributed by atoms with Gasteiger partial charge in [-0.05, 0) is 59.2 Å². The van der Waals surface area contributed by atoms with Crippen molar-refractivity contribution in [2.45, 2.75) is 71.7 Å². The van der Waals surface area contributed by atoms with Gasteiger partial charge in [0.15, 0.2) is 0 Å². The smallest absolute Gasteiger partial charge is 0.410 e. The van der Waals surface area contributed by atoms with Gasteiger partial charge in [-0.1, -0.05) is 18.7 Å². The van der Waals surface area contributed by atoms with E-state index in [-0.39, 0.29) is 17.8 Å². The van der Waals surface area contributed by atoms with Gasteiger partial charge in [-0.15, -0.1) is 0 Å². The maximum atomic E-state index is 12.5. The molecule has 1 amide bonds. The van der Waals surface area contributed by atoms with Gasteiger partial charge in [-0.2, -0.15) is 0 Å². The van der Waals surface area contributed by atoms with Crippen molar-refractivity contribution in [3.63, 3.8) is 0 Å². The number of rotatable bonds is 4. The van der Waals surface area contributed by atoms with Gasteiger partial charge in [0.2, 0.25) is 0 Å². The van der Waals surface area contributed by atoms with Gasteiger partial charge >= 0.3 is 18.0 Å². The van der Waals surface area contributed by atoms with Crippen LogP contribution in [0.25, 0.3) is 5.57 Å². The molecule has 0 aliphatic carbocycles. The van der Waals surface area contributed by atoms with E-state index in [0.717, 1.165) is 0 Å². The molecule has 170 valence electrons. The molecule has 7 nitrogen and oxygen atoms in total. The molecule has 0 N–H and O–H groups in total. The fourth-order valence-corrected chi connectivity index (χ4v) is 2.97. The summed E-state index contributed by atoms with van der Waals surface area (Å²) in [6.45, 7) is 15.6. The molecule has 0 radical (unpaired) electrons. The fraction of sp³-hybridized carbons (Fsp3) is 0.542. The average molecular weight is 432 g/mol. The van der Waals surface area contributed by atoms with Crippen molar-refractivity contribution in [3.05, 3.63) is 42.0 Å². The first kappa shape index (κ1) is 24.4. The van der Waals surface area contributed by atoms with Gasteiger partial charge in [0.05, 0.1) is 11.1 Å². The minimum atomic E-state index is -0.608. The van der Waals surface area contributed by atoms with Crippen molar-refractivity contribution in [2.75, 3.05) is 13.1 Å². The Morgan fingerprint density at radius 2 is 1.35 bits per heavy atom. The second kappa shape index (κ2) is 9.54. The second-order valence-electron chi connectivity index (χ2n) is 9.63. The van der Waals surface area contributed by atoms with Crippen molar-refractivity contribution in [1.82, 2.24) is 4.90 Å². The van der Waals surface area contributed by atoms with E-state index in [1.807, 2.05) is 20.8 Å². The first-order chi connectivity index (χ1) is 14.2. The highest BCUT2D eigenvalue weighted by Gasteiger charge is 2.28. The lowest BCUT2D eigenvalue weighted by molar-refractivity contribution is -0.147. The molecule has 1 aromatic carbocycles. The number of hydrogen-bond donors (Lipinski definition) is 0. The maximum absolute atomic E-state index is 12.5. The predicted octanol–water partition coefficient (Wildman–Crippen LogP) is 4.60. The molecule has 1 aromatic rings. The largest absolute Gasteiger partial charge is 0.459 e. The third kappa shape index (κ3) is 7.74. The van der Waals surface area contributed by atoms with Crippen molar-refractivity contribution in [3.8, 4) is 0 Å². The maximum Gasteiger partial charge on any atom is 0.410 e. The Kier molecular flexibility index (Phi) is 7.52. The van der Waals surface area contributed by atoms with Crippen LogP contribution >= 0.6 is 0 Å². The van der Waals surface area contributed by atoms with E-state index in [1.165, 1.54) is 0 Å². The molecule has 0 bridgehead atoms. The van der Waals surface area contributed by atoms with Gasteiger partial charge in [0, 0.05) is 25.9 Å². The molecule has 0 unspecified atom stereocenters. The van der Waals surface area contributed by atoms with Crippen molar-refractivity contribution >= 4 is 23.6 Å². The monoisotopic (exact) mass is 431 g/mol. The summed E-state index contributed by atoms with van der Waals surface area (Å²) in [5.41, 5.74) is 0.0422. The van der Waals surface area contributed by atoms with Crippen LogP contribution in [0.5, 0.6) is 0 Å². The third-order valence-corrected chi connectivity index (χ3v) is 4.48. The lowest BCUT2D eigenvalue weighted by atomic mass is 10.0. The lowest BCUT2D eigenvalue weighted by Gasteiger charge is -2.33. The molecule has 0 spiro atoms. The van der Waals surface area contributed by atoms with Crippen LogP contribution in [-0.2, 0) is 19.0 Å². The molecule has 1 aliphatic heterocycles. The average Bonchev–Trinajstić information content (AvgIpc) is 2.65. The Hall–Kier alpha value is -2.83. The van der Waals surface area contributed by atoms with E-state index in [1.54, 1.807) is 49.9 Å². The van der Waals surface area contributed by atoms with Crippen LogP contribution in [0.4, 0.5) is 4.79 Å². The molecule has 0 aromatic heterocycles. The molecule has 1 heterocycles. The second-order valence-corrected chi connectivity index (χ2v) is 9.63. The molecule has 7 heteroatoms. The standard InChI is InChI=1S/C24H33NO6/c1-16(20(26)30-23(2,3)4)17-8-10-18(11-9-17)21(27)29-19-12-14-25(15-13-19)22(28)31-24(5,6)7/h8-11,19H,1,12-15H2,2-7H3. The van der Waals surface area contributed by atoms with E-state index in [9.17, 15) is 14.4 Å². The molecular formula is C24H33NO6. The molecule has 1 aliphatic rings. The van der Waals surface area contributed by atoms with Crippen LogP contribution in [0, 0.1) is 0 Å². The Morgan fingerprint density at radius 3 is 1.84 bits per heavy atom. The van der Waals surface area contributed by atoms with E-state index in [2.05, 4.69) is 6.58 Å². The van der Waals surface area contributed by atoms with Gasteiger partial charge in [-0.3, -0.25) is 0 Å². The number of carbonyl (C=O) groups excluding carboxylic acids is 3. The molecule has 1 fully saturated rings. The summed E-state index contributed by atoms with van der Waals surface area (Å²) >= 11 is 0. The van der Waals surface area contributed by atoms with Crippen LogP contribution < -0.4 is 0 Å². The highest BCUT2D eigenvalue weighted by Crippen LogP contribution is 2.21. The number of carbonyl (C=O) groups is 3. The highest BCUT2D eigenvalue weighted by molar-refractivity contribution is 6.15. The van der Waals surface area contributed by atoms with Crippen molar-refractivity contribution in [1.29, 1.82) is 0 Å². The third-order valence-electron chi connectivity index (χ3n) is 4.48. The summed E-state index contributed by atoms with van der Waals surface area (Å²) < 4.78 is 16.3. The van der Waals surface area contributed by atoms with Crippen LogP contribution in [0.3, 0.4) is 0 Å². The Morgan fingerprint density at radius 1 is 0.871 bits per heavy atom. The first-order valence-corrected chi connectivity index (χ1v) is 10.5. The number of ether oxygens (including phenoxy) is 3. The van der Waals surface area contributed by atoms with Crippen LogP contribution in [0.1, 0.15) is 70.3 Å². The minimum Gasteiger partial charge on any atom is -0.459 e. The van der Waals surface area contributed by atoms with E-state index >= 15 is 0 Å². The Labute approximate surface area is 184 Å². The van der Waals surface area contributed by atoms with Crippen LogP contribution in [0.15, 0.2) is 30.8 Å². The number of likely N-dealkylation sites (tertiary alicyclic amines) is 1. The highest BCUT2D eigenvalue weighted by atomic mass is 16.6. The van der Waals surface area contributed by atoms with Gasteiger partial charge in [0.1, 0.15) is 17.3 Å². The van der Waals surface area contributed by atoms with E-state index in [0.29, 0.717) is 37.1 Å². The lowest BCUT2D eigenvalue weighted by Crippen LogP contribution is -2.43. The summed E-state index contributed by atoms with van der Waals surface area (Å²) in [6.07, 6.45) is 0.498. The molecule has 31 heavy (non-hydrogen) atoms. The summed E-state index contributed by atoms with van der Waals surface area (Å²) in [7, 11) is 0. The summed E-state index contributed by atoms with van der Waals surface area (Å²) in [5.74, 6) is -0.940. The zero-order chi connectivity index (χ0) is 23.4. The number of esters is 2. The quantitative estimate of drug-likeness (QED) is 0.394. The van der Waals surface area contributed by atoms with E-state index < -0.39 is 23.1 Å². The van der Waals surface area contributed by atoms with Gasteiger partial charge in [-0.25, -0.2) is 14.4 Å². The molecule has 0 saturated carbocycles. The molecular weight excluding hydrogens is 398 g/mol. The first-order valence-electron chi connectivity index (χ1n) is 10.5. The summed E-state index contributed by atoms with van der Waals surface area (Å²) in [6, 6.07) is 6.49. The van der Waals surface area contributed by atoms with Gasteiger partial charge < -0.3 is 19.1 Å². The molecule has 2 rings (SSSR count). The SMILES string of the molecule is C=C(C(=O)OC(C)(C)C)c1ccc(C(=O)OC2CCN(C(=O)OC(C)(C)C)CC2)cc1. The zero-order valence-electron chi connectivity index (χ0n) is 19.3. The number of benzene rings is 1. The number of piperidine rings is 1. The summed E-state index contributed by atoms with van der Waals surface area (Å²) in [5, 5.41) is 0. The Balaban J connectivity index is 1.87. The predicted molar refractivity (Wildman–Crippen MR) is 118 cm³/mol. The molecule has 1 saturated heterocycles.